The highest BCUT2D eigenvalue weighted by Gasteiger charge is 2.40. The average molecular weight is 394 g/mol. The maximum Gasteiger partial charge on any atom is 0.298 e. The number of amides is 1. The molecule has 0 spiro atoms. The minimum atomic E-state index is -0.729. The molecule has 1 saturated heterocycles. The molecule has 2 N–H and O–H groups in total. The second kappa shape index (κ2) is 7.42. The number of carbonyl (C=O) groups excluding carboxylic acids is 1. The molecule has 29 heavy (non-hydrogen) atoms. The first-order valence-electron chi connectivity index (χ1n) is 9.23. The van der Waals surface area contributed by atoms with Crippen LogP contribution in [0.3, 0.4) is 0 Å². The maximum atomic E-state index is 12.2. The first-order valence-corrected chi connectivity index (χ1v) is 9.23. The normalized spacial score (nSPS) is 15.7. The van der Waals surface area contributed by atoms with Gasteiger partial charge >= 0.3 is 0 Å². The van der Waals surface area contributed by atoms with Crippen molar-refractivity contribution < 1.29 is 13.9 Å². The van der Waals surface area contributed by atoms with Crippen molar-refractivity contribution in [2.75, 3.05) is 30.4 Å². The largest absolute Gasteiger partial charge is 0.481 e. The van der Waals surface area contributed by atoms with E-state index in [1.165, 1.54) is 0 Å². The molecule has 1 aliphatic heterocycles. The summed E-state index contributed by atoms with van der Waals surface area (Å²) in [6.45, 7) is 4.89. The van der Waals surface area contributed by atoms with Crippen LogP contribution in [0.5, 0.6) is 5.88 Å². The van der Waals surface area contributed by atoms with E-state index in [4.69, 9.17) is 9.15 Å². The molecule has 2 aromatic heterocycles. The van der Waals surface area contributed by atoms with Crippen LogP contribution in [0, 0.1) is 0 Å². The number of hydrogen-bond donors (Lipinski definition) is 2. The van der Waals surface area contributed by atoms with Crippen molar-refractivity contribution in [1.82, 2.24) is 20.3 Å². The van der Waals surface area contributed by atoms with Gasteiger partial charge in [-0.3, -0.25) is 4.79 Å². The van der Waals surface area contributed by atoms with E-state index >= 15 is 0 Å². The summed E-state index contributed by atoms with van der Waals surface area (Å²) in [4.78, 5) is 26.9. The van der Waals surface area contributed by atoms with Gasteiger partial charge in [-0.05, 0) is 26.0 Å². The van der Waals surface area contributed by atoms with Crippen molar-refractivity contribution in [3.05, 3.63) is 42.7 Å². The Morgan fingerprint density at radius 1 is 1.28 bits per heavy atom. The van der Waals surface area contributed by atoms with Crippen LogP contribution in [0.2, 0.25) is 0 Å². The lowest BCUT2D eigenvalue weighted by molar-refractivity contribution is -0.126. The Morgan fingerprint density at radius 2 is 2.14 bits per heavy atom. The van der Waals surface area contributed by atoms with E-state index in [9.17, 15) is 4.79 Å². The van der Waals surface area contributed by atoms with Crippen LogP contribution >= 0.6 is 0 Å². The molecule has 9 nitrogen and oxygen atoms in total. The molecule has 0 atom stereocenters. The van der Waals surface area contributed by atoms with Crippen LogP contribution in [0.1, 0.15) is 13.8 Å². The van der Waals surface area contributed by atoms with Crippen molar-refractivity contribution in [2.24, 2.45) is 0 Å². The zero-order valence-electron chi connectivity index (χ0n) is 16.5. The summed E-state index contributed by atoms with van der Waals surface area (Å²) in [5, 5.41) is 6.02. The highest BCUT2D eigenvalue weighted by molar-refractivity contribution is 5.89. The predicted molar refractivity (Wildman–Crippen MR) is 108 cm³/mol. The number of oxazole rings is 1. The second-order valence-corrected chi connectivity index (χ2v) is 7.10. The molecular formula is C20H22N6O3. The third kappa shape index (κ3) is 3.71. The van der Waals surface area contributed by atoms with Gasteiger partial charge in [-0.1, -0.05) is 12.1 Å². The van der Waals surface area contributed by atoms with E-state index in [0.717, 1.165) is 11.3 Å². The summed E-state index contributed by atoms with van der Waals surface area (Å²) < 4.78 is 11.1. The molecule has 1 aromatic carbocycles. The van der Waals surface area contributed by atoms with Gasteiger partial charge < -0.3 is 24.7 Å². The third-order valence-electron chi connectivity index (χ3n) is 4.82. The van der Waals surface area contributed by atoms with Crippen LogP contribution < -0.4 is 20.3 Å². The SMILES string of the molecule is COc1ccnc(Nc2cccc(-c3cnc(N4CCNC(=O)C4(C)C)o3)c2)n1. The molecule has 3 heterocycles. The molecule has 1 aliphatic rings. The Kier molecular flexibility index (Phi) is 4.79. The molecule has 0 saturated carbocycles. The van der Waals surface area contributed by atoms with Gasteiger partial charge in [0.05, 0.1) is 13.3 Å². The Hall–Kier alpha value is -3.62. The highest BCUT2D eigenvalue weighted by atomic mass is 16.5. The molecule has 0 radical (unpaired) electrons. The zero-order chi connectivity index (χ0) is 20.4. The number of benzene rings is 1. The van der Waals surface area contributed by atoms with Crippen molar-refractivity contribution >= 4 is 23.6 Å². The van der Waals surface area contributed by atoms with Crippen LogP contribution in [0.25, 0.3) is 11.3 Å². The maximum absolute atomic E-state index is 12.2. The number of methoxy groups -OCH3 is 1. The topological polar surface area (TPSA) is 105 Å². The van der Waals surface area contributed by atoms with E-state index < -0.39 is 5.54 Å². The molecule has 0 aliphatic carbocycles. The van der Waals surface area contributed by atoms with Gasteiger partial charge in [0.2, 0.25) is 17.7 Å². The van der Waals surface area contributed by atoms with Crippen molar-refractivity contribution in [1.29, 1.82) is 0 Å². The van der Waals surface area contributed by atoms with Gasteiger partial charge in [-0.25, -0.2) is 9.97 Å². The van der Waals surface area contributed by atoms with E-state index in [1.54, 1.807) is 25.6 Å². The molecule has 3 aromatic rings. The number of piperazine rings is 1. The monoisotopic (exact) mass is 394 g/mol. The smallest absolute Gasteiger partial charge is 0.298 e. The summed E-state index contributed by atoms with van der Waals surface area (Å²) in [5.41, 5.74) is 0.912. The average Bonchev–Trinajstić information content (AvgIpc) is 3.20. The number of nitrogens with one attached hydrogen (secondary N) is 2. The molecule has 1 amide bonds. The van der Waals surface area contributed by atoms with Crippen molar-refractivity contribution in [2.45, 2.75) is 19.4 Å². The van der Waals surface area contributed by atoms with Crippen LogP contribution in [0.4, 0.5) is 17.7 Å². The van der Waals surface area contributed by atoms with Gasteiger partial charge in [0, 0.05) is 36.6 Å². The van der Waals surface area contributed by atoms with Gasteiger partial charge in [0.1, 0.15) is 5.54 Å². The van der Waals surface area contributed by atoms with E-state index in [0.29, 0.717) is 36.7 Å². The first kappa shape index (κ1) is 18.7. The van der Waals surface area contributed by atoms with E-state index in [1.807, 2.05) is 43.0 Å². The Labute approximate surface area is 168 Å². The van der Waals surface area contributed by atoms with Crippen molar-refractivity contribution in [3.8, 4) is 17.2 Å². The van der Waals surface area contributed by atoms with Gasteiger partial charge in [-0.15, -0.1) is 0 Å². The Morgan fingerprint density at radius 3 is 2.97 bits per heavy atom. The molecule has 9 heteroatoms. The number of nitrogens with zero attached hydrogens (tertiary/aromatic N) is 4. The van der Waals surface area contributed by atoms with Crippen molar-refractivity contribution in [3.63, 3.8) is 0 Å². The number of rotatable bonds is 5. The fourth-order valence-corrected chi connectivity index (χ4v) is 3.15. The zero-order valence-corrected chi connectivity index (χ0v) is 16.5. The predicted octanol–water partition coefficient (Wildman–Crippen LogP) is 2.60. The van der Waals surface area contributed by atoms with E-state index in [-0.39, 0.29) is 5.91 Å². The molecular weight excluding hydrogens is 372 g/mol. The number of ether oxygens (including phenoxy) is 1. The lowest BCUT2D eigenvalue weighted by atomic mass is 10.00. The van der Waals surface area contributed by atoms with Crippen LogP contribution in [0.15, 0.2) is 47.1 Å². The van der Waals surface area contributed by atoms with Crippen LogP contribution in [-0.2, 0) is 4.79 Å². The standard InChI is InChI=1S/C20H22N6O3/c1-20(2)17(27)21-9-10-26(20)19-23-12-15(29-19)13-5-4-6-14(11-13)24-18-22-8-7-16(25-18)28-3/h4-8,11-12H,9-10H2,1-3H3,(H,21,27)(H,22,24,25). The Bertz CT molecular complexity index is 1030. The third-order valence-corrected chi connectivity index (χ3v) is 4.82. The molecule has 0 unspecified atom stereocenters. The summed E-state index contributed by atoms with van der Waals surface area (Å²) in [6, 6.07) is 9.76. The molecule has 1 fully saturated rings. The Balaban J connectivity index is 1.57. The lowest BCUT2D eigenvalue weighted by Crippen LogP contribution is -2.62. The van der Waals surface area contributed by atoms with Gasteiger partial charge in [0.15, 0.2) is 5.76 Å². The fraction of sp³-hybridized carbons (Fsp3) is 0.300. The number of carbonyl (C=O) groups is 1. The summed E-state index contributed by atoms with van der Waals surface area (Å²) in [6.07, 6.45) is 3.29. The number of aromatic nitrogens is 3. The van der Waals surface area contributed by atoms with Gasteiger partial charge in [0.25, 0.3) is 6.01 Å². The summed E-state index contributed by atoms with van der Waals surface area (Å²) in [7, 11) is 1.56. The molecule has 0 bridgehead atoms. The number of anilines is 3. The van der Waals surface area contributed by atoms with Gasteiger partial charge in [-0.2, -0.15) is 4.98 Å². The quantitative estimate of drug-likeness (QED) is 0.680. The number of hydrogen-bond acceptors (Lipinski definition) is 8. The highest BCUT2D eigenvalue weighted by Crippen LogP contribution is 2.31. The second-order valence-electron chi connectivity index (χ2n) is 7.10. The lowest BCUT2D eigenvalue weighted by Gasteiger charge is -2.40. The summed E-state index contributed by atoms with van der Waals surface area (Å²) >= 11 is 0. The summed E-state index contributed by atoms with van der Waals surface area (Å²) in [5.74, 6) is 1.47. The van der Waals surface area contributed by atoms with E-state index in [2.05, 4.69) is 25.6 Å². The van der Waals surface area contributed by atoms with Crippen LogP contribution in [-0.4, -0.2) is 46.6 Å². The first-order chi connectivity index (χ1) is 14.0. The molecule has 4 rings (SSSR count). The molecule has 150 valence electrons. The minimum Gasteiger partial charge on any atom is -0.481 e. The minimum absolute atomic E-state index is 0.0482. The fourth-order valence-electron chi connectivity index (χ4n) is 3.15.